The molecule has 0 bridgehead atoms. The number of nitrogens with one attached hydrogen (secondary N) is 1. The van der Waals surface area contributed by atoms with E-state index in [1.54, 1.807) is 62.6 Å². The van der Waals surface area contributed by atoms with Gasteiger partial charge in [0.25, 0.3) is 10.0 Å². The van der Waals surface area contributed by atoms with Crippen LogP contribution in [0.1, 0.15) is 51.5 Å². The van der Waals surface area contributed by atoms with E-state index in [2.05, 4.69) is 21.2 Å². The average molecular weight is 687 g/mol. The fourth-order valence-corrected chi connectivity index (χ4v) is 6.90. The summed E-state index contributed by atoms with van der Waals surface area (Å²) in [4.78, 5) is 29.1. The van der Waals surface area contributed by atoms with Gasteiger partial charge in [-0.3, -0.25) is 13.9 Å². The lowest BCUT2D eigenvalue weighted by Crippen LogP contribution is -2.53. The van der Waals surface area contributed by atoms with Crippen LogP contribution < -0.4 is 19.1 Å². The van der Waals surface area contributed by atoms with Gasteiger partial charge in [0, 0.05) is 17.1 Å². The molecule has 0 aliphatic heterocycles. The molecule has 1 atom stereocenters. The quantitative estimate of drug-likeness (QED) is 0.240. The van der Waals surface area contributed by atoms with Crippen LogP contribution in [-0.4, -0.2) is 57.5 Å². The number of benzene rings is 3. The second kappa shape index (κ2) is 15.4. The highest BCUT2D eigenvalue weighted by Gasteiger charge is 2.33. The minimum Gasteiger partial charge on any atom is -0.497 e. The van der Waals surface area contributed by atoms with Gasteiger partial charge in [-0.1, -0.05) is 47.3 Å². The summed E-state index contributed by atoms with van der Waals surface area (Å²) < 4.78 is 40.7. The summed E-state index contributed by atoms with van der Waals surface area (Å²) in [5, 5.41) is 3.12. The van der Waals surface area contributed by atoms with E-state index < -0.39 is 28.5 Å². The molecule has 3 aromatic rings. The molecule has 9 nitrogen and oxygen atoms in total. The van der Waals surface area contributed by atoms with Gasteiger partial charge in [-0.25, -0.2) is 8.42 Å². The summed E-state index contributed by atoms with van der Waals surface area (Å²) in [5.41, 5.74) is 1.08. The molecule has 1 aliphatic carbocycles. The normalized spacial score (nSPS) is 14.4. The molecule has 1 fully saturated rings. The van der Waals surface area contributed by atoms with Crippen molar-refractivity contribution in [2.45, 2.75) is 69.5 Å². The van der Waals surface area contributed by atoms with Crippen molar-refractivity contribution in [1.82, 2.24) is 10.2 Å². The van der Waals surface area contributed by atoms with E-state index in [4.69, 9.17) is 9.47 Å². The van der Waals surface area contributed by atoms with E-state index in [0.717, 1.165) is 46.4 Å². The summed E-state index contributed by atoms with van der Waals surface area (Å²) >= 11 is 3.35. The number of rotatable bonds is 13. The first kappa shape index (κ1) is 33.3. The Bertz CT molecular complexity index is 1490. The molecular formula is C33H40BrN3O6S. The number of halogens is 1. The average Bonchev–Trinajstić information content (AvgIpc) is 3.03. The van der Waals surface area contributed by atoms with E-state index >= 15 is 0 Å². The predicted molar refractivity (Wildman–Crippen MR) is 174 cm³/mol. The lowest BCUT2D eigenvalue weighted by atomic mass is 9.95. The van der Waals surface area contributed by atoms with Crippen LogP contribution >= 0.6 is 15.9 Å². The van der Waals surface area contributed by atoms with Crippen LogP contribution in [0.15, 0.2) is 82.2 Å². The van der Waals surface area contributed by atoms with Crippen molar-refractivity contribution in [3.63, 3.8) is 0 Å². The number of carbonyl (C=O) groups is 2. The van der Waals surface area contributed by atoms with E-state index in [-0.39, 0.29) is 23.4 Å². The molecule has 11 heteroatoms. The standard InChI is InChI=1S/C33H40BrN3O6S/c1-4-43-30-18-14-28(15-19-30)37(44(40,41)31-20-12-26(34)13-21-31)23-32(38)36(22-25-10-16-29(42-3)17-11-25)24(2)33(39)35-27-8-6-5-7-9-27/h10-21,24,27H,4-9,22-23H2,1-3H3,(H,35,39)/t24-/m0/s1. The Labute approximate surface area is 268 Å². The maximum Gasteiger partial charge on any atom is 0.264 e. The van der Waals surface area contributed by atoms with Gasteiger partial charge in [-0.05, 0) is 92.9 Å². The molecule has 0 heterocycles. The van der Waals surface area contributed by atoms with Crippen molar-refractivity contribution in [3.8, 4) is 11.5 Å². The highest BCUT2D eigenvalue weighted by Crippen LogP contribution is 2.28. The summed E-state index contributed by atoms with van der Waals surface area (Å²) in [6.07, 6.45) is 5.07. The summed E-state index contributed by atoms with van der Waals surface area (Å²) in [6.45, 7) is 3.60. The fraction of sp³-hybridized carbons (Fsp3) is 0.394. The Morgan fingerprint density at radius 3 is 2.14 bits per heavy atom. The Morgan fingerprint density at radius 1 is 0.932 bits per heavy atom. The first-order valence-electron chi connectivity index (χ1n) is 14.9. The fourth-order valence-electron chi connectivity index (χ4n) is 5.22. The molecule has 0 aromatic heterocycles. The number of ether oxygens (including phenoxy) is 2. The van der Waals surface area contributed by atoms with Gasteiger partial charge in [0.15, 0.2) is 0 Å². The Kier molecular flexibility index (Phi) is 11.7. The van der Waals surface area contributed by atoms with Crippen molar-refractivity contribution in [3.05, 3.63) is 82.8 Å². The zero-order valence-electron chi connectivity index (χ0n) is 25.4. The number of amides is 2. The minimum atomic E-state index is -4.17. The number of anilines is 1. The molecule has 4 rings (SSSR count). The Hall–Kier alpha value is -3.57. The maximum atomic E-state index is 14.2. The van der Waals surface area contributed by atoms with Crippen LogP contribution in [0.5, 0.6) is 11.5 Å². The van der Waals surface area contributed by atoms with Crippen LogP contribution in [0.2, 0.25) is 0 Å². The summed E-state index contributed by atoms with van der Waals surface area (Å²) in [7, 11) is -2.59. The Morgan fingerprint density at radius 2 is 1.55 bits per heavy atom. The number of hydrogen-bond donors (Lipinski definition) is 1. The second-order valence-corrected chi connectivity index (χ2v) is 13.6. The zero-order valence-corrected chi connectivity index (χ0v) is 27.8. The van der Waals surface area contributed by atoms with Gasteiger partial charge in [0.1, 0.15) is 24.1 Å². The summed E-state index contributed by atoms with van der Waals surface area (Å²) in [6, 6.07) is 19.3. The molecule has 1 saturated carbocycles. The lowest BCUT2D eigenvalue weighted by molar-refractivity contribution is -0.139. The van der Waals surface area contributed by atoms with Crippen LogP contribution in [0.4, 0.5) is 5.69 Å². The van der Waals surface area contributed by atoms with Crippen LogP contribution in [-0.2, 0) is 26.2 Å². The highest BCUT2D eigenvalue weighted by molar-refractivity contribution is 9.10. The van der Waals surface area contributed by atoms with E-state index in [0.29, 0.717) is 23.8 Å². The maximum absolute atomic E-state index is 14.2. The predicted octanol–water partition coefficient (Wildman–Crippen LogP) is 5.92. The number of carbonyl (C=O) groups excluding carboxylic acids is 2. The third-order valence-electron chi connectivity index (χ3n) is 7.75. The highest BCUT2D eigenvalue weighted by atomic mass is 79.9. The first-order valence-corrected chi connectivity index (χ1v) is 17.1. The van der Waals surface area contributed by atoms with Gasteiger partial charge in [0.05, 0.1) is 24.3 Å². The van der Waals surface area contributed by atoms with Crippen molar-refractivity contribution in [2.75, 3.05) is 24.6 Å². The molecule has 0 radical (unpaired) electrons. The molecule has 2 amide bonds. The van der Waals surface area contributed by atoms with Gasteiger partial charge in [-0.2, -0.15) is 0 Å². The van der Waals surface area contributed by atoms with Gasteiger partial charge in [0.2, 0.25) is 11.8 Å². The van der Waals surface area contributed by atoms with Gasteiger partial charge < -0.3 is 19.7 Å². The van der Waals surface area contributed by atoms with E-state index in [1.807, 2.05) is 19.1 Å². The van der Waals surface area contributed by atoms with Crippen molar-refractivity contribution in [2.24, 2.45) is 0 Å². The van der Waals surface area contributed by atoms with E-state index in [9.17, 15) is 18.0 Å². The van der Waals surface area contributed by atoms with Crippen LogP contribution in [0, 0.1) is 0 Å². The molecule has 0 unspecified atom stereocenters. The number of sulfonamides is 1. The van der Waals surface area contributed by atoms with Crippen LogP contribution in [0.25, 0.3) is 0 Å². The van der Waals surface area contributed by atoms with Crippen molar-refractivity contribution in [1.29, 1.82) is 0 Å². The Balaban J connectivity index is 1.67. The second-order valence-electron chi connectivity index (χ2n) is 10.8. The number of methoxy groups -OCH3 is 1. The zero-order chi connectivity index (χ0) is 31.7. The lowest BCUT2D eigenvalue weighted by Gasteiger charge is -2.33. The topological polar surface area (TPSA) is 105 Å². The molecule has 0 saturated heterocycles. The molecule has 44 heavy (non-hydrogen) atoms. The summed E-state index contributed by atoms with van der Waals surface area (Å²) in [5.74, 6) is 0.471. The monoisotopic (exact) mass is 685 g/mol. The molecule has 3 aromatic carbocycles. The van der Waals surface area contributed by atoms with E-state index in [1.165, 1.54) is 17.0 Å². The molecule has 236 valence electrons. The SMILES string of the molecule is CCOc1ccc(N(CC(=O)N(Cc2ccc(OC)cc2)[C@@H](C)C(=O)NC2CCCCC2)S(=O)(=O)c2ccc(Br)cc2)cc1. The third-order valence-corrected chi connectivity index (χ3v) is 10.1. The molecule has 1 N–H and O–H groups in total. The molecular weight excluding hydrogens is 646 g/mol. The van der Waals surface area contributed by atoms with Gasteiger partial charge in [-0.15, -0.1) is 0 Å². The largest absolute Gasteiger partial charge is 0.497 e. The van der Waals surface area contributed by atoms with Gasteiger partial charge >= 0.3 is 0 Å². The number of hydrogen-bond acceptors (Lipinski definition) is 6. The minimum absolute atomic E-state index is 0.0344. The van der Waals surface area contributed by atoms with Crippen LogP contribution in [0.3, 0.4) is 0 Å². The first-order chi connectivity index (χ1) is 21.1. The smallest absolute Gasteiger partial charge is 0.264 e. The van der Waals surface area contributed by atoms with Crippen molar-refractivity contribution >= 4 is 43.5 Å². The van der Waals surface area contributed by atoms with Crippen molar-refractivity contribution < 1.29 is 27.5 Å². The third kappa shape index (κ3) is 8.53. The molecule has 1 aliphatic rings. The molecule has 0 spiro atoms. The number of nitrogens with zero attached hydrogens (tertiary/aromatic N) is 2.